The Kier molecular flexibility index (Phi) is 6.13. The molecule has 1 saturated heterocycles. The Morgan fingerprint density at radius 1 is 1.11 bits per heavy atom. The van der Waals surface area contributed by atoms with Gasteiger partial charge in [0.05, 0.1) is 11.4 Å². The fourth-order valence-corrected chi connectivity index (χ4v) is 5.49. The highest BCUT2D eigenvalue weighted by atomic mass is 19.1. The van der Waals surface area contributed by atoms with Gasteiger partial charge < -0.3 is 9.30 Å². The van der Waals surface area contributed by atoms with Crippen LogP contribution in [0.4, 0.5) is 4.39 Å². The zero-order chi connectivity index (χ0) is 24.9. The Bertz CT molecular complexity index is 1280. The fraction of sp³-hybridized carbons (Fsp3) is 0.429. The maximum atomic E-state index is 14.8. The van der Waals surface area contributed by atoms with E-state index in [2.05, 4.69) is 54.6 Å². The lowest BCUT2D eigenvalue weighted by Gasteiger charge is -2.44. The standard InChI is InChI=1S/C28H34FN5O/c1-18(2)33-11-10-31(15-21(33)5)24-9-8-23-7-6-19(3)25(13-27(35)34(23)17-24)22-12-26(29)28-30-20(4)14-32(28)16-22/h7-9,12-14,16-19,21H,6,10-11,15H2,1-5H3. The van der Waals surface area contributed by atoms with E-state index < -0.39 is 0 Å². The smallest absolute Gasteiger partial charge is 0.255 e. The van der Waals surface area contributed by atoms with Crippen LogP contribution in [0, 0.1) is 18.7 Å². The third-order valence-electron chi connectivity index (χ3n) is 7.36. The van der Waals surface area contributed by atoms with Gasteiger partial charge in [0.25, 0.3) is 5.91 Å². The first-order valence-corrected chi connectivity index (χ1v) is 12.5. The van der Waals surface area contributed by atoms with Crippen molar-refractivity contribution in [1.82, 2.24) is 24.1 Å². The average molecular weight is 476 g/mol. The Morgan fingerprint density at radius 3 is 2.63 bits per heavy atom. The van der Waals surface area contributed by atoms with Crippen molar-refractivity contribution >= 4 is 17.1 Å². The highest BCUT2D eigenvalue weighted by Gasteiger charge is 2.29. The SMILES string of the molecule is Cc1cn2cc(C3=CC(=O)N4C=C(N5CCN(C(C)C)C(C)C5)C=CC4=CCC3C)cc(F)c2n1. The van der Waals surface area contributed by atoms with E-state index in [0.29, 0.717) is 23.3 Å². The van der Waals surface area contributed by atoms with Crippen LogP contribution >= 0.6 is 0 Å². The summed E-state index contributed by atoms with van der Waals surface area (Å²) in [5, 5.41) is 0. The van der Waals surface area contributed by atoms with E-state index >= 15 is 0 Å². The maximum absolute atomic E-state index is 14.8. The van der Waals surface area contributed by atoms with Gasteiger partial charge in [-0.1, -0.05) is 13.0 Å². The Balaban J connectivity index is 1.45. The predicted octanol–water partition coefficient (Wildman–Crippen LogP) is 4.74. The van der Waals surface area contributed by atoms with Crippen LogP contribution in [0.2, 0.25) is 0 Å². The van der Waals surface area contributed by atoms with Crippen LogP contribution in [0.15, 0.2) is 60.4 Å². The minimum Gasteiger partial charge on any atom is -0.367 e. The number of halogens is 1. The minimum absolute atomic E-state index is 0.0683. The normalized spacial score (nSPS) is 23.7. The molecular formula is C28H34FN5O. The van der Waals surface area contributed by atoms with Gasteiger partial charge in [-0.3, -0.25) is 14.6 Å². The van der Waals surface area contributed by atoms with Crippen LogP contribution in [0.1, 0.15) is 45.4 Å². The second-order valence-corrected chi connectivity index (χ2v) is 10.3. The number of carbonyl (C=O) groups excluding carboxylic acids is 1. The van der Waals surface area contributed by atoms with Crippen molar-refractivity contribution in [3.63, 3.8) is 0 Å². The van der Waals surface area contributed by atoms with E-state index in [-0.39, 0.29) is 17.6 Å². The number of piperazine rings is 1. The van der Waals surface area contributed by atoms with Crippen molar-refractivity contribution in [2.45, 2.75) is 53.1 Å². The molecule has 5 rings (SSSR count). The summed E-state index contributed by atoms with van der Waals surface area (Å²) in [5.74, 6) is -0.429. The molecule has 0 spiro atoms. The number of hydrogen-bond acceptors (Lipinski definition) is 4. The molecule has 2 atom stereocenters. The third-order valence-corrected chi connectivity index (χ3v) is 7.36. The molecule has 3 aliphatic rings. The molecule has 7 heteroatoms. The highest BCUT2D eigenvalue weighted by molar-refractivity contribution is 5.98. The number of fused-ring (bicyclic) bond motifs is 2. The number of carbonyl (C=O) groups is 1. The van der Waals surface area contributed by atoms with Crippen molar-refractivity contribution in [3.05, 3.63) is 77.4 Å². The van der Waals surface area contributed by atoms with Crippen molar-refractivity contribution in [2.24, 2.45) is 5.92 Å². The number of aromatic nitrogens is 2. The highest BCUT2D eigenvalue weighted by Crippen LogP contribution is 2.32. The molecule has 0 radical (unpaired) electrons. The largest absolute Gasteiger partial charge is 0.367 e. The van der Waals surface area contributed by atoms with Crippen LogP contribution in [0.25, 0.3) is 11.2 Å². The number of hydrogen-bond donors (Lipinski definition) is 0. The Morgan fingerprint density at radius 2 is 1.89 bits per heavy atom. The van der Waals surface area contributed by atoms with Crippen LogP contribution in [0.5, 0.6) is 0 Å². The Hall–Kier alpha value is -3.19. The van der Waals surface area contributed by atoms with Gasteiger partial charge in [0.1, 0.15) is 0 Å². The zero-order valence-electron chi connectivity index (χ0n) is 21.2. The Labute approximate surface area is 206 Å². The van der Waals surface area contributed by atoms with Crippen molar-refractivity contribution in [1.29, 1.82) is 0 Å². The first-order chi connectivity index (χ1) is 16.7. The average Bonchev–Trinajstić information content (AvgIpc) is 3.20. The lowest BCUT2D eigenvalue weighted by molar-refractivity contribution is -0.122. The summed E-state index contributed by atoms with van der Waals surface area (Å²) in [7, 11) is 0. The second-order valence-electron chi connectivity index (χ2n) is 10.3. The molecule has 1 amide bonds. The van der Waals surface area contributed by atoms with Crippen LogP contribution in [0.3, 0.4) is 0 Å². The number of nitrogens with zero attached hydrogens (tertiary/aromatic N) is 5. The molecule has 5 heterocycles. The summed E-state index contributed by atoms with van der Waals surface area (Å²) in [6.45, 7) is 13.5. The number of allylic oxidation sites excluding steroid dienone is 4. The van der Waals surface area contributed by atoms with E-state index in [4.69, 9.17) is 0 Å². The van der Waals surface area contributed by atoms with E-state index in [1.807, 2.05) is 25.4 Å². The maximum Gasteiger partial charge on any atom is 0.255 e. The van der Waals surface area contributed by atoms with Crippen LogP contribution < -0.4 is 0 Å². The molecule has 184 valence electrons. The number of pyridine rings is 1. The zero-order valence-corrected chi connectivity index (χ0v) is 21.2. The summed E-state index contributed by atoms with van der Waals surface area (Å²) < 4.78 is 16.5. The molecular weight excluding hydrogens is 441 g/mol. The van der Waals surface area contributed by atoms with Gasteiger partial charge in [-0.2, -0.15) is 0 Å². The summed E-state index contributed by atoms with van der Waals surface area (Å²) in [6.07, 6.45) is 14.3. The summed E-state index contributed by atoms with van der Waals surface area (Å²) in [5.41, 5.74) is 4.55. The van der Waals surface area contributed by atoms with Gasteiger partial charge in [-0.15, -0.1) is 0 Å². The monoisotopic (exact) mass is 475 g/mol. The fourth-order valence-electron chi connectivity index (χ4n) is 5.49. The van der Waals surface area contributed by atoms with E-state index in [1.165, 1.54) is 6.07 Å². The van der Waals surface area contributed by atoms with Gasteiger partial charge >= 0.3 is 0 Å². The van der Waals surface area contributed by atoms with Crippen molar-refractivity contribution < 1.29 is 9.18 Å². The van der Waals surface area contributed by atoms with E-state index in [9.17, 15) is 9.18 Å². The third kappa shape index (κ3) is 4.45. The van der Waals surface area contributed by atoms with Gasteiger partial charge in [0.15, 0.2) is 11.5 Å². The van der Waals surface area contributed by atoms with Crippen molar-refractivity contribution in [3.8, 4) is 0 Å². The van der Waals surface area contributed by atoms with Gasteiger partial charge in [-0.05, 0) is 69.4 Å². The van der Waals surface area contributed by atoms with E-state index in [0.717, 1.165) is 48.7 Å². The van der Waals surface area contributed by atoms with Gasteiger partial charge in [0.2, 0.25) is 0 Å². The molecule has 0 aromatic carbocycles. The van der Waals surface area contributed by atoms with E-state index in [1.54, 1.807) is 21.6 Å². The van der Waals surface area contributed by atoms with Gasteiger partial charge in [0, 0.05) is 62.1 Å². The molecule has 2 aromatic heterocycles. The van der Waals surface area contributed by atoms with Crippen LogP contribution in [-0.4, -0.2) is 61.7 Å². The van der Waals surface area contributed by atoms with Gasteiger partial charge in [-0.25, -0.2) is 9.37 Å². The molecule has 2 unspecified atom stereocenters. The topological polar surface area (TPSA) is 44.1 Å². The lowest BCUT2D eigenvalue weighted by atomic mass is 9.90. The molecule has 0 N–H and O–H groups in total. The summed E-state index contributed by atoms with van der Waals surface area (Å²) in [4.78, 5) is 24.4. The number of imidazole rings is 1. The minimum atomic E-state index is -0.382. The predicted molar refractivity (Wildman–Crippen MR) is 137 cm³/mol. The lowest BCUT2D eigenvalue weighted by Crippen LogP contribution is -2.53. The first kappa shape index (κ1) is 23.5. The summed E-state index contributed by atoms with van der Waals surface area (Å²) in [6, 6.07) is 2.47. The number of amides is 1. The second kappa shape index (κ2) is 9.11. The summed E-state index contributed by atoms with van der Waals surface area (Å²) >= 11 is 0. The molecule has 0 bridgehead atoms. The molecule has 3 aliphatic heterocycles. The molecule has 0 saturated carbocycles. The first-order valence-electron chi connectivity index (χ1n) is 12.5. The number of rotatable bonds is 3. The molecule has 6 nitrogen and oxygen atoms in total. The quantitative estimate of drug-likeness (QED) is 0.643. The van der Waals surface area contributed by atoms with Crippen LogP contribution in [-0.2, 0) is 4.79 Å². The molecule has 2 aromatic rings. The molecule has 35 heavy (non-hydrogen) atoms. The van der Waals surface area contributed by atoms with Crippen molar-refractivity contribution in [2.75, 3.05) is 19.6 Å². The molecule has 0 aliphatic carbocycles. The molecule has 1 fully saturated rings. The number of aryl methyl sites for hydroxylation is 1.